The molecule has 0 saturated heterocycles. The number of nitrogens with one attached hydrogen (secondary N) is 2. The second-order valence-electron chi connectivity index (χ2n) is 8.51. The molecule has 168 valence electrons. The Morgan fingerprint density at radius 3 is 2.33 bits per heavy atom. The van der Waals surface area contributed by atoms with E-state index in [9.17, 15) is 27.2 Å². The highest BCUT2D eigenvalue weighted by atomic mass is 19.4. The molecule has 0 spiro atoms. The molecular formula is C20H26F4N2O4. The number of carbonyl (C=O) groups is 2. The van der Waals surface area contributed by atoms with Crippen LogP contribution < -0.4 is 10.6 Å². The molecule has 0 radical (unpaired) electrons. The van der Waals surface area contributed by atoms with Gasteiger partial charge in [0, 0.05) is 12.1 Å². The number of alkyl halides is 3. The maximum absolute atomic E-state index is 14.0. The summed E-state index contributed by atoms with van der Waals surface area (Å²) < 4.78 is 59.0. The van der Waals surface area contributed by atoms with Gasteiger partial charge in [-0.1, -0.05) is 0 Å². The summed E-state index contributed by atoms with van der Waals surface area (Å²) in [6.07, 6.45) is -3.78. The topological polar surface area (TPSA) is 87.7 Å². The Kier molecular flexibility index (Phi) is 7.01. The summed E-state index contributed by atoms with van der Waals surface area (Å²) in [4.78, 5) is 22.8. The molecule has 0 unspecified atom stereocenters. The smallest absolute Gasteiger partial charge is 0.421 e. The predicted octanol–water partition coefficient (Wildman–Crippen LogP) is 4.05. The van der Waals surface area contributed by atoms with Crippen molar-refractivity contribution in [1.82, 2.24) is 5.32 Å². The number of anilines is 1. The summed E-state index contributed by atoms with van der Waals surface area (Å²) in [5.41, 5.74) is -3.27. The lowest BCUT2D eigenvalue weighted by atomic mass is 9.76. The fourth-order valence-corrected chi connectivity index (χ4v) is 3.34. The third-order valence-corrected chi connectivity index (χ3v) is 4.84. The van der Waals surface area contributed by atoms with Gasteiger partial charge in [-0.3, -0.25) is 4.79 Å². The molecule has 0 amide bonds. The van der Waals surface area contributed by atoms with Gasteiger partial charge in [0.05, 0.1) is 17.8 Å². The number of ether oxygens (including phenoxy) is 1. The molecule has 1 aromatic carbocycles. The number of carboxylic acids is 1. The van der Waals surface area contributed by atoms with E-state index < -0.39 is 52.4 Å². The van der Waals surface area contributed by atoms with Crippen LogP contribution in [0.25, 0.3) is 0 Å². The highest BCUT2D eigenvalue weighted by Crippen LogP contribution is 2.39. The molecule has 10 heteroatoms. The average Bonchev–Trinajstić information content (AvgIpc) is 2.49. The highest BCUT2D eigenvalue weighted by molar-refractivity contribution is 5.89. The van der Waals surface area contributed by atoms with Gasteiger partial charge in [-0.2, -0.15) is 13.2 Å². The van der Waals surface area contributed by atoms with Gasteiger partial charge in [0.2, 0.25) is 0 Å². The molecule has 0 heterocycles. The summed E-state index contributed by atoms with van der Waals surface area (Å²) in [5, 5.41) is 14.7. The number of hydrogen-bond donors (Lipinski definition) is 3. The molecule has 1 aliphatic carbocycles. The van der Waals surface area contributed by atoms with Crippen LogP contribution in [0.5, 0.6) is 0 Å². The zero-order chi connectivity index (χ0) is 22.9. The zero-order valence-corrected chi connectivity index (χ0v) is 17.2. The van der Waals surface area contributed by atoms with E-state index in [2.05, 4.69) is 10.6 Å². The largest absolute Gasteiger partial charge is 0.478 e. The zero-order valence-electron chi connectivity index (χ0n) is 17.2. The van der Waals surface area contributed by atoms with E-state index in [1.807, 2.05) is 0 Å². The minimum absolute atomic E-state index is 0.0101. The van der Waals surface area contributed by atoms with Gasteiger partial charge in [0.25, 0.3) is 0 Å². The van der Waals surface area contributed by atoms with Gasteiger partial charge >= 0.3 is 18.1 Å². The molecule has 0 aromatic heterocycles. The van der Waals surface area contributed by atoms with E-state index >= 15 is 0 Å². The minimum Gasteiger partial charge on any atom is -0.478 e. The maximum Gasteiger partial charge on any atom is 0.421 e. The first-order chi connectivity index (χ1) is 13.7. The van der Waals surface area contributed by atoms with Crippen molar-refractivity contribution in [2.45, 2.75) is 64.4 Å². The van der Waals surface area contributed by atoms with Gasteiger partial charge in [0.1, 0.15) is 17.0 Å². The fourth-order valence-electron chi connectivity index (χ4n) is 3.34. The molecule has 0 aliphatic heterocycles. The molecule has 1 saturated carbocycles. The molecule has 2 rings (SSSR count). The van der Waals surface area contributed by atoms with Crippen molar-refractivity contribution in [2.75, 3.05) is 11.9 Å². The number of carbonyl (C=O) groups excluding carboxylic acids is 1. The first-order valence-corrected chi connectivity index (χ1v) is 9.53. The maximum atomic E-state index is 14.0. The Balaban J connectivity index is 1.98. The Morgan fingerprint density at radius 1 is 1.23 bits per heavy atom. The van der Waals surface area contributed by atoms with Crippen molar-refractivity contribution >= 4 is 17.6 Å². The Bertz CT molecular complexity index is 799. The lowest BCUT2D eigenvalue weighted by Crippen LogP contribution is -2.48. The third kappa shape index (κ3) is 6.32. The Morgan fingerprint density at radius 2 is 1.83 bits per heavy atom. The molecule has 1 fully saturated rings. The summed E-state index contributed by atoms with van der Waals surface area (Å²) in [5.74, 6) is -3.58. The van der Waals surface area contributed by atoms with Crippen LogP contribution in [0.4, 0.5) is 23.2 Å². The van der Waals surface area contributed by atoms with E-state index in [1.54, 1.807) is 27.7 Å². The van der Waals surface area contributed by atoms with Crippen molar-refractivity contribution < 1.29 is 37.0 Å². The molecule has 3 N–H and O–H groups in total. The van der Waals surface area contributed by atoms with Crippen molar-refractivity contribution in [3.8, 4) is 0 Å². The van der Waals surface area contributed by atoms with E-state index in [1.165, 1.54) is 0 Å². The quantitative estimate of drug-likeness (QED) is 0.443. The average molecular weight is 434 g/mol. The van der Waals surface area contributed by atoms with Crippen molar-refractivity contribution in [2.24, 2.45) is 5.92 Å². The normalized spacial score (nSPS) is 20.3. The second-order valence-corrected chi connectivity index (χ2v) is 8.51. The summed E-state index contributed by atoms with van der Waals surface area (Å²) in [6, 6.07) is 0.702. The lowest BCUT2D eigenvalue weighted by Gasteiger charge is -2.40. The van der Waals surface area contributed by atoms with Crippen LogP contribution in [-0.2, 0) is 15.7 Å². The van der Waals surface area contributed by atoms with Gasteiger partial charge in [0.15, 0.2) is 0 Å². The van der Waals surface area contributed by atoms with Crippen LogP contribution in [0.3, 0.4) is 0 Å². The second kappa shape index (κ2) is 8.79. The number of aromatic carboxylic acids is 1. The number of halogens is 4. The number of rotatable bonds is 7. The first-order valence-electron chi connectivity index (χ1n) is 9.53. The minimum atomic E-state index is -4.97. The third-order valence-electron chi connectivity index (χ3n) is 4.84. The summed E-state index contributed by atoms with van der Waals surface area (Å²) in [7, 11) is 0. The summed E-state index contributed by atoms with van der Waals surface area (Å²) >= 11 is 0. The van der Waals surface area contributed by atoms with Crippen LogP contribution in [0.2, 0.25) is 0 Å². The highest BCUT2D eigenvalue weighted by Gasteiger charge is 2.39. The Hall–Kier alpha value is -2.36. The number of esters is 1. The van der Waals surface area contributed by atoms with Crippen molar-refractivity contribution in [3.63, 3.8) is 0 Å². The van der Waals surface area contributed by atoms with E-state index in [-0.39, 0.29) is 18.5 Å². The van der Waals surface area contributed by atoms with Gasteiger partial charge in [-0.15, -0.1) is 0 Å². The van der Waals surface area contributed by atoms with Crippen LogP contribution in [0, 0.1) is 11.7 Å². The molecule has 0 bridgehead atoms. The standard InChI is InChI=1S/C20H26F4N2O4/c1-10(11-5-13(6-11)25-9-16(27)30-19(2,3)4)26-15-8-12(18(28)29)7-14(21)17(15)20(22,23)24/h7-8,10-11,13,25-26H,5-6,9H2,1-4H3,(H,28,29)/t10-,11?,13?/m0/s1. The number of benzene rings is 1. The molecule has 1 atom stereocenters. The Labute approximate surface area is 172 Å². The molecule has 30 heavy (non-hydrogen) atoms. The SMILES string of the molecule is C[C@H](Nc1cc(C(=O)O)cc(F)c1C(F)(F)F)C1CC(NCC(=O)OC(C)(C)C)C1. The van der Waals surface area contributed by atoms with Gasteiger partial charge in [-0.05, 0) is 58.6 Å². The van der Waals surface area contributed by atoms with Gasteiger partial charge < -0.3 is 20.5 Å². The molecule has 1 aliphatic rings. The van der Waals surface area contributed by atoms with Crippen LogP contribution >= 0.6 is 0 Å². The van der Waals surface area contributed by atoms with Crippen LogP contribution in [0.1, 0.15) is 56.5 Å². The van der Waals surface area contributed by atoms with Crippen LogP contribution in [0.15, 0.2) is 12.1 Å². The number of carboxylic acid groups (broad SMARTS) is 1. The van der Waals surface area contributed by atoms with Crippen molar-refractivity contribution in [1.29, 1.82) is 0 Å². The summed E-state index contributed by atoms with van der Waals surface area (Å²) in [6.45, 7) is 6.96. The fraction of sp³-hybridized carbons (Fsp3) is 0.600. The van der Waals surface area contributed by atoms with Gasteiger partial charge in [-0.25, -0.2) is 9.18 Å². The molecular weight excluding hydrogens is 408 g/mol. The van der Waals surface area contributed by atoms with E-state index in [0.717, 1.165) is 6.07 Å². The van der Waals surface area contributed by atoms with Crippen molar-refractivity contribution in [3.05, 3.63) is 29.1 Å². The predicted molar refractivity (Wildman–Crippen MR) is 102 cm³/mol. The monoisotopic (exact) mass is 434 g/mol. The van der Waals surface area contributed by atoms with E-state index in [0.29, 0.717) is 18.9 Å². The van der Waals surface area contributed by atoms with E-state index in [4.69, 9.17) is 9.84 Å². The number of hydrogen-bond acceptors (Lipinski definition) is 5. The lowest BCUT2D eigenvalue weighted by molar-refractivity contribution is -0.154. The molecule has 6 nitrogen and oxygen atoms in total. The van der Waals surface area contributed by atoms with Crippen LogP contribution in [-0.4, -0.2) is 41.3 Å². The molecule has 1 aromatic rings. The first kappa shape index (κ1) is 23.9.